The Labute approximate surface area is 196 Å². The minimum absolute atomic E-state index is 0.0431. The molecule has 0 fully saturated rings. The average Bonchev–Trinajstić information content (AvgIpc) is 3.41. The van der Waals surface area contributed by atoms with E-state index in [1.54, 1.807) is 6.20 Å². The van der Waals surface area contributed by atoms with Gasteiger partial charge in [-0.1, -0.05) is 36.1 Å². The number of aliphatic hydroxyl groups is 1. The second kappa shape index (κ2) is 11.4. The van der Waals surface area contributed by atoms with Crippen molar-refractivity contribution in [2.24, 2.45) is 0 Å². The fourth-order valence-electron chi connectivity index (χ4n) is 3.30. The van der Waals surface area contributed by atoms with Gasteiger partial charge in [-0.15, -0.1) is 0 Å². The van der Waals surface area contributed by atoms with Gasteiger partial charge in [-0.2, -0.15) is 0 Å². The molecule has 3 aromatic rings. The Hall–Kier alpha value is -2.24. The molecule has 31 heavy (non-hydrogen) atoms. The molecule has 160 valence electrons. The third kappa shape index (κ3) is 5.92. The highest BCUT2D eigenvalue weighted by atomic mass is 127. The molecule has 2 aromatic carbocycles. The second-order valence-electron chi connectivity index (χ2n) is 6.73. The van der Waals surface area contributed by atoms with Gasteiger partial charge in [0.15, 0.2) is 0 Å². The molecule has 4 rings (SSSR count). The average molecular weight is 547 g/mol. The molecule has 0 spiro atoms. The molecule has 0 bridgehead atoms. The van der Waals surface area contributed by atoms with Crippen LogP contribution in [0.5, 0.6) is 0 Å². The van der Waals surface area contributed by atoms with Crippen LogP contribution in [0.15, 0.2) is 54.9 Å². The summed E-state index contributed by atoms with van der Waals surface area (Å²) < 4.78 is 7.66. The van der Waals surface area contributed by atoms with Crippen LogP contribution < -0.4 is 5.32 Å². The number of aliphatic hydroxyl groups excluding tert-OH is 1. The van der Waals surface area contributed by atoms with E-state index in [9.17, 15) is 4.79 Å². The smallest absolute Gasteiger partial charge is 0.228 e. The Kier molecular flexibility index (Phi) is 8.61. The van der Waals surface area contributed by atoms with E-state index in [-0.39, 0.29) is 12.0 Å². The third-order valence-corrected chi connectivity index (χ3v) is 5.97. The first kappa shape index (κ1) is 23.4. The van der Waals surface area contributed by atoms with Crippen LogP contribution in [-0.4, -0.2) is 27.7 Å². The Bertz CT molecular complexity index is 1100. The number of rotatable bonds is 5. The first-order chi connectivity index (χ1) is 15.1. The minimum atomic E-state index is -0.0431. The number of amides is 1. The SMILES string of the molecule is CC(OPI)c1nccn1CC#Cc1ccc(-c2ccc3c(c2)NC(=O)C3)cc1.CO. The zero-order chi connectivity index (χ0) is 22.2. The predicted molar refractivity (Wildman–Crippen MR) is 133 cm³/mol. The number of anilines is 1. The molecule has 0 radical (unpaired) electrons. The summed E-state index contributed by atoms with van der Waals surface area (Å²) in [6.45, 7) is 2.97. The van der Waals surface area contributed by atoms with Crippen LogP contribution in [0, 0.1) is 11.8 Å². The molecule has 0 saturated heterocycles. The molecule has 8 heteroatoms. The quantitative estimate of drug-likeness (QED) is 0.275. The van der Waals surface area contributed by atoms with Crippen molar-refractivity contribution in [3.05, 3.63) is 71.8 Å². The van der Waals surface area contributed by atoms with Gasteiger partial charge >= 0.3 is 0 Å². The summed E-state index contributed by atoms with van der Waals surface area (Å²) in [6.07, 6.45) is 4.13. The second-order valence-corrected chi connectivity index (χ2v) is 8.44. The van der Waals surface area contributed by atoms with E-state index < -0.39 is 0 Å². The van der Waals surface area contributed by atoms with Gasteiger partial charge in [-0.3, -0.25) is 4.79 Å². The highest BCUT2D eigenvalue weighted by Crippen LogP contribution is 2.31. The Morgan fingerprint density at radius 1 is 1.26 bits per heavy atom. The molecule has 1 aliphatic rings. The number of nitrogens with one attached hydrogen (secondary N) is 1. The summed E-state index contributed by atoms with van der Waals surface area (Å²) in [5.41, 5.74) is 5.11. The molecule has 0 saturated carbocycles. The van der Waals surface area contributed by atoms with Crippen molar-refractivity contribution in [3.63, 3.8) is 0 Å². The van der Waals surface area contributed by atoms with Gasteiger partial charge in [0, 0.05) is 30.8 Å². The van der Waals surface area contributed by atoms with E-state index >= 15 is 0 Å². The van der Waals surface area contributed by atoms with Crippen molar-refractivity contribution in [2.45, 2.75) is 26.0 Å². The van der Waals surface area contributed by atoms with Crippen molar-refractivity contribution in [3.8, 4) is 23.0 Å². The number of aromatic nitrogens is 2. The van der Waals surface area contributed by atoms with Gasteiger partial charge < -0.3 is 19.5 Å². The zero-order valence-electron chi connectivity index (χ0n) is 17.2. The molecule has 6 nitrogen and oxygen atoms in total. The van der Waals surface area contributed by atoms with Crippen LogP contribution >= 0.6 is 28.5 Å². The third-order valence-electron chi connectivity index (χ3n) is 4.77. The highest BCUT2D eigenvalue weighted by molar-refractivity contribution is 14.2. The van der Waals surface area contributed by atoms with Crippen LogP contribution in [-0.2, 0) is 22.3 Å². The van der Waals surface area contributed by atoms with Crippen LogP contribution in [0.1, 0.15) is 30.0 Å². The molecule has 2 atom stereocenters. The molecule has 1 amide bonds. The van der Waals surface area contributed by atoms with E-state index in [2.05, 4.69) is 62.4 Å². The lowest BCUT2D eigenvalue weighted by Gasteiger charge is -2.11. The number of fused-ring (bicyclic) bond motifs is 1. The molecule has 1 aliphatic heterocycles. The van der Waals surface area contributed by atoms with E-state index in [4.69, 9.17) is 9.63 Å². The van der Waals surface area contributed by atoms with E-state index in [0.29, 0.717) is 19.4 Å². The summed E-state index contributed by atoms with van der Waals surface area (Å²) >= 11 is 2.21. The Morgan fingerprint density at radius 3 is 2.74 bits per heavy atom. The van der Waals surface area contributed by atoms with E-state index in [1.165, 1.54) is 0 Å². The first-order valence-corrected chi connectivity index (χ1v) is 13.7. The molecule has 0 aliphatic carbocycles. The molecular weight excluding hydrogens is 524 g/mol. The van der Waals surface area contributed by atoms with Crippen LogP contribution in [0.2, 0.25) is 0 Å². The van der Waals surface area contributed by atoms with E-state index in [0.717, 1.165) is 40.9 Å². The van der Waals surface area contributed by atoms with Crippen LogP contribution in [0.25, 0.3) is 11.1 Å². The number of halogens is 1. The maximum absolute atomic E-state index is 11.5. The van der Waals surface area contributed by atoms with Gasteiger partial charge in [-0.25, -0.2) is 4.98 Å². The lowest BCUT2D eigenvalue weighted by molar-refractivity contribution is -0.115. The first-order valence-electron chi connectivity index (χ1n) is 9.63. The Morgan fingerprint density at radius 2 is 2.00 bits per heavy atom. The molecule has 2 unspecified atom stereocenters. The number of nitrogens with zero attached hydrogens (tertiary/aromatic N) is 2. The van der Waals surface area contributed by atoms with Crippen molar-refractivity contribution in [1.82, 2.24) is 9.55 Å². The minimum Gasteiger partial charge on any atom is -0.400 e. The summed E-state index contributed by atoms with van der Waals surface area (Å²) in [4.78, 5) is 15.9. The van der Waals surface area contributed by atoms with Gasteiger partial charge in [0.1, 0.15) is 11.9 Å². The maximum Gasteiger partial charge on any atom is 0.228 e. The summed E-state index contributed by atoms with van der Waals surface area (Å²) in [5, 5.41) is 9.90. The summed E-state index contributed by atoms with van der Waals surface area (Å²) in [5.74, 6) is 7.37. The molecule has 2 heterocycles. The fraction of sp³-hybridized carbons (Fsp3) is 0.217. The number of carbonyl (C=O) groups is 1. The molecular formula is C23H23IN3O3P. The lowest BCUT2D eigenvalue weighted by atomic mass is 10.0. The monoisotopic (exact) mass is 547 g/mol. The van der Waals surface area contributed by atoms with Gasteiger partial charge in [0.25, 0.3) is 0 Å². The highest BCUT2D eigenvalue weighted by Gasteiger charge is 2.17. The Balaban J connectivity index is 0.00000132. The predicted octanol–water partition coefficient (Wildman–Crippen LogP) is 4.73. The number of hydrogen-bond acceptors (Lipinski definition) is 4. The standard InChI is InChI=1S/C22H19IN3O2P.CH4O/c1-15(28-29-23)22-24-10-12-26(22)11-2-3-16-4-6-17(7-5-16)18-8-9-19-14-21(27)25-20(19)13-18;1-2/h4-10,12-13,15,29H,11,14H2,1H3,(H,25,27);2H,1H3. The summed E-state index contributed by atoms with van der Waals surface area (Å²) in [6, 6.07) is 14.3. The lowest BCUT2D eigenvalue weighted by Crippen LogP contribution is -2.06. The topological polar surface area (TPSA) is 76.4 Å². The van der Waals surface area contributed by atoms with Crippen molar-refractivity contribution in [1.29, 1.82) is 0 Å². The van der Waals surface area contributed by atoms with Crippen molar-refractivity contribution < 1.29 is 14.4 Å². The number of carbonyl (C=O) groups excluding carboxylic acids is 1. The number of hydrogen-bond donors (Lipinski definition) is 2. The largest absolute Gasteiger partial charge is 0.400 e. The maximum atomic E-state index is 11.5. The zero-order valence-corrected chi connectivity index (χ0v) is 20.4. The van der Waals surface area contributed by atoms with Crippen LogP contribution in [0.3, 0.4) is 0 Å². The summed E-state index contributed by atoms with van der Waals surface area (Å²) in [7, 11) is 1.00. The number of imidazole rings is 1. The van der Waals surface area contributed by atoms with E-state index in [1.807, 2.05) is 42.0 Å². The molecule has 1 aromatic heterocycles. The van der Waals surface area contributed by atoms with Crippen LogP contribution in [0.4, 0.5) is 5.69 Å². The molecule has 2 N–H and O–H groups in total. The number of benzene rings is 2. The fourth-order valence-corrected chi connectivity index (χ4v) is 4.68. The van der Waals surface area contributed by atoms with Crippen molar-refractivity contribution >= 4 is 40.1 Å². The van der Waals surface area contributed by atoms with Crippen molar-refractivity contribution in [2.75, 3.05) is 12.4 Å². The van der Waals surface area contributed by atoms with Gasteiger partial charge in [-0.05, 0) is 63.9 Å². The van der Waals surface area contributed by atoms with Gasteiger partial charge in [0.2, 0.25) is 5.91 Å². The normalized spacial score (nSPS) is 13.1. The van der Waals surface area contributed by atoms with Gasteiger partial charge in [0.05, 0.1) is 19.4 Å².